The molecule has 7 nitrogen and oxygen atoms in total. The number of aromatic hydroxyl groups is 1. The summed E-state index contributed by atoms with van der Waals surface area (Å²) in [4.78, 5) is 14.1. The summed E-state index contributed by atoms with van der Waals surface area (Å²) in [6.07, 6.45) is 2.49. The minimum atomic E-state index is -0.736. The highest BCUT2D eigenvalue weighted by Crippen LogP contribution is 2.28. The van der Waals surface area contributed by atoms with Crippen molar-refractivity contribution in [3.05, 3.63) is 62.8 Å². The molecule has 0 fully saturated rings. The third kappa shape index (κ3) is 7.43. The molecular formula is C24H33N3O4S. The van der Waals surface area contributed by atoms with Gasteiger partial charge in [-0.1, -0.05) is 48.6 Å². The number of benzene rings is 2. The van der Waals surface area contributed by atoms with Crippen molar-refractivity contribution < 1.29 is 14.9 Å². The molecule has 0 spiro atoms. The van der Waals surface area contributed by atoms with E-state index in [1.165, 1.54) is 11.1 Å². The molecule has 0 aliphatic heterocycles. The third-order valence-electron chi connectivity index (χ3n) is 5.16. The number of phenols is 1. The van der Waals surface area contributed by atoms with Crippen LogP contribution in [0.3, 0.4) is 0 Å². The van der Waals surface area contributed by atoms with Gasteiger partial charge in [0.15, 0.2) is 0 Å². The van der Waals surface area contributed by atoms with Gasteiger partial charge in [0.25, 0.3) is 0 Å². The Morgan fingerprint density at radius 1 is 1.16 bits per heavy atom. The van der Waals surface area contributed by atoms with Crippen LogP contribution in [0.1, 0.15) is 36.5 Å². The fourth-order valence-electron chi connectivity index (χ4n) is 3.57. The number of H-pyrrole nitrogens is 1. The average Bonchev–Trinajstić information content (AvgIpc) is 3.18. The van der Waals surface area contributed by atoms with Crippen LogP contribution < -0.4 is 15.5 Å². The van der Waals surface area contributed by atoms with E-state index in [0.29, 0.717) is 23.2 Å². The van der Waals surface area contributed by atoms with Gasteiger partial charge in [-0.15, -0.1) is 0 Å². The molecule has 0 amide bonds. The zero-order valence-corrected chi connectivity index (χ0v) is 19.3. The molecule has 1 atom stereocenters. The van der Waals surface area contributed by atoms with E-state index in [1.807, 2.05) is 0 Å². The van der Waals surface area contributed by atoms with Crippen molar-refractivity contribution in [2.24, 2.45) is 0 Å². The normalized spacial score (nSPS) is 12.4. The average molecular weight is 460 g/mol. The van der Waals surface area contributed by atoms with Gasteiger partial charge in [-0.25, -0.2) is 0 Å². The maximum absolute atomic E-state index is 11.6. The molecule has 0 radical (unpaired) electrons. The van der Waals surface area contributed by atoms with Crippen molar-refractivity contribution in [2.45, 2.75) is 45.4 Å². The minimum absolute atomic E-state index is 0.0451. The first kappa shape index (κ1) is 24.4. The SMILES string of the molecule is CCCOCCCNCc1cccc(CCNC(O)Cc2ccc(O)c3[nH]c(=O)sc23)c1. The maximum atomic E-state index is 11.6. The van der Waals surface area contributed by atoms with Gasteiger partial charge in [-0.05, 0) is 48.6 Å². The van der Waals surface area contributed by atoms with Crippen LogP contribution in [0.15, 0.2) is 41.2 Å². The van der Waals surface area contributed by atoms with E-state index in [-0.39, 0.29) is 10.6 Å². The lowest BCUT2D eigenvalue weighted by atomic mass is 10.1. The van der Waals surface area contributed by atoms with E-state index < -0.39 is 6.23 Å². The Morgan fingerprint density at radius 3 is 2.84 bits per heavy atom. The lowest BCUT2D eigenvalue weighted by Crippen LogP contribution is -2.32. The molecule has 3 aromatic rings. The molecule has 0 aliphatic rings. The van der Waals surface area contributed by atoms with Gasteiger partial charge in [-0.2, -0.15) is 0 Å². The van der Waals surface area contributed by atoms with Crippen LogP contribution in [-0.4, -0.2) is 47.7 Å². The Hall–Kier alpha value is -2.23. The number of aliphatic hydroxyl groups is 1. The molecule has 0 saturated carbocycles. The molecule has 1 unspecified atom stereocenters. The summed E-state index contributed by atoms with van der Waals surface area (Å²) in [5.74, 6) is 0.0451. The summed E-state index contributed by atoms with van der Waals surface area (Å²) in [7, 11) is 0. The monoisotopic (exact) mass is 459 g/mol. The minimum Gasteiger partial charge on any atom is -0.506 e. The molecule has 5 N–H and O–H groups in total. The molecule has 1 heterocycles. The van der Waals surface area contributed by atoms with E-state index in [9.17, 15) is 15.0 Å². The Kier molecular flexibility index (Phi) is 9.70. The summed E-state index contributed by atoms with van der Waals surface area (Å²) in [6.45, 7) is 6.14. The predicted octanol–water partition coefficient (Wildman–Crippen LogP) is 2.89. The quantitative estimate of drug-likeness (QED) is 0.187. The van der Waals surface area contributed by atoms with Crippen LogP contribution in [0.25, 0.3) is 10.2 Å². The standard InChI is InChI=1S/C24H33N3O4S/c1-2-12-31-13-4-10-25-16-18-6-3-5-17(14-18)9-11-26-21(29)15-19-7-8-20(28)22-23(19)32-24(30)27-22/h3,5-8,14,21,25-26,28-29H,2,4,9-13,15-16H2,1H3,(H,27,30). The van der Waals surface area contributed by atoms with E-state index >= 15 is 0 Å². The number of phenolic OH excluding ortho intramolecular Hbond substituents is 1. The van der Waals surface area contributed by atoms with Crippen molar-refractivity contribution in [3.8, 4) is 5.75 Å². The first-order valence-electron chi connectivity index (χ1n) is 11.2. The van der Waals surface area contributed by atoms with E-state index in [2.05, 4.69) is 46.8 Å². The van der Waals surface area contributed by atoms with Crippen molar-refractivity contribution >= 4 is 21.6 Å². The first-order chi connectivity index (χ1) is 15.6. The van der Waals surface area contributed by atoms with Crippen molar-refractivity contribution in [2.75, 3.05) is 26.3 Å². The molecule has 8 heteroatoms. The molecule has 0 bridgehead atoms. The van der Waals surface area contributed by atoms with Gasteiger partial charge < -0.3 is 25.3 Å². The third-order valence-corrected chi connectivity index (χ3v) is 6.12. The second-order valence-corrected chi connectivity index (χ2v) is 8.83. The van der Waals surface area contributed by atoms with Crippen LogP contribution >= 0.6 is 11.3 Å². The fraction of sp³-hybridized carbons (Fsp3) is 0.458. The lowest BCUT2D eigenvalue weighted by molar-refractivity contribution is 0.132. The summed E-state index contributed by atoms with van der Waals surface area (Å²) in [6, 6.07) is 11.8. The van der Waals surface area contributed by atoms with Gasteiger partial charge in [0.1, 0.15) is 17.5 Å². The molecule has 0 saturated heterocycles. The van der Waals surface area contributed by atoms with Crippen LogP contribution in [-0.2, 0) is 24.1 Å². The zero-order chi connectivity index (χ0) is 22.8. The second-order valence-electron chi connectivity index (χ2n) is 7.85. The first-order valence-corrected chi connectivity index (χ1v) is 12.0. The Balaban J connectivity index is 1.41. The molecule has 174 valence electrons. The highest BCUT2D eigenvalue weighted by molar-refractivity contribution is 7.16. The van der Waals surface area contributed by atoms with Crippen LogP contribution in [0.2, 0.25) is 0 Å². The highest BCUT2D eigenvalue weighted by atomic mass is 32.1. The number of hydrogen-bond donors (Lipinski definition) is 5. The maximum Gasteiger partial charge on any atom is 0.305 e. The zero-order valence-electron chi connectivity index (χ0n) is 18.5. The molecule has 0 aliphatic carbocycles. The summed E-state index contributed by atoms with van der Waals surface area (Å²) >= 11 is 1.05. The highest BCUT2D eigenvalue weighted by Gasteiger charge is 2.13. The Bertz CT molecular complexity index is 1030. The second kappa shape index (κ2) is 12.7. The van der Waals surface area contributed by atoms with Gasteiger partial charge in [0.05, 0.1) is 4.70 Å². The molecule has 1 aromatic heterocycles. The number of aliphatic hydroxyl groups excluding tert-OH is 1. The number of thiazole rings is 1. The van der Waals surface area contributed by atoms with E-state index in [4.69, 9.17) is 4.74 Å². The van der Waals surface area contributed by atoms with Gasteiger partial charge in [0.2, 0.25) is 0 Å². The van der Waals surface area contributed by atoms with Gasteiger partial charge >= 0.3 is 4.87 Å². The van der Waals surface area contributed by atoms with Gasteiger partial charge in [0, 0.05) is 32.7 Å². The van der Waals surface area contributed by atoms with Crippen molar-refractivity contribution in [1.82, 2.24) is 15.6 Å². The Labute approximate surface area is 192 Å². The number of nitrogens with one attached hydrogen (secondary N) is 3. The van der Waals surface area contributed by atoms with E-state index in [1.54, 1.807) is 12.1 Å². The van der Waals surface area contributed by atoms with Gasteiger partial charge in [-0.3, -0.25) is 10.1 Å². The largest absolute Gasteiger partial charge is 0.506 e. The number of ether oxygens (including phenoxy) is 1. The number of rotatable bonds is 14. The van der Waals surface area contributed by atoms with Crippen molar-refractivity contribution in [1.29, 1.82) is 0 Å². The summed E-state index contributed by atoms with van der Waals surface area (Å²) < 4.78 is 6.18. The molecule has 2 aromatic carbocycles. The predicted molar refractivity (Wildman–Crippen MR) is 129 cm³/mol. The number of aromatic nitrogens is 1. The van der Waals surface area contributed by atoms with E-state index in [0.717, 1.165) is 62.5 Å². The molecule has 3 rings (SSSR count). The Morgan fingerprint density at radius 2 is 2.00 bits per heavy atom. The van der Waals surface area contributed by atoms with Crippen molar-refractivity contribution in [3.63, 3.8) is 0 Å². The molecule has 32 heavy (non-hydrogen) atoms. The number of fused-ring (bicyclic) bond motifs is 1. The number of aromatic amines is 1. The summed E-state index contributed by atoms with van der Waals surface area (Å²) in [5, 5.41) is 26.9. The molecular weight excluding hydrogens is 426 g/mol. The van der Waals surface area contributed by atoms with Crippen LogP contribution in [0.4, 0.5) is 0 Å². The smallest absolute Gasteiger partial charge is 0.305 e. The number of hydrogen-bond acceptors (Lipinski definition) is 7. The lowest BCUT2D eigenvalue weighted by Gasteiger charge is -2.14. The summed E-state index contributed by atoms with van der Waals surface area (Å²) in [5.41, 5.74) is 3.72. The fourth-order valence-corrected chi connectivity index (χ4v) is 4.45. The van der Waals surface area contributed by atoms with Crippen LogP contribution in [0.5, 0.6) is 5.75 Å². The topological polar surface area (TPSA) is 107 Å². The van der Waals surface area contributed by atoms with Crippen LogP contribution in [0, 0.1) is 0 Å².